The van der Waals surface area contributed by atoms with Gasteiger partial charge >= 0.3 is 12.0 Å². The summed E-state index contributed by atoms with van der Waals surface area (Å²) in [5.41, 5.74) is 0.375. The Labute approximate surface area is 128 Å². The molecule has 116 valence electrons. The molecule has 2 N–H and O–H groups in total. The number of ether oxygens (including phenoxy) is 1. The molecule has 1 aromatic carbocycles. The van der Waals surface area contributed by atoms with Gasteiger partial charge in [0.2, 0.25) is 0 Å². The van der Waals surface area contributed by atoms with E-state index in [1.54, 1.807) is 18.2 Å². The molecule has 0 aliphatic rings. The van der Waals surface area contributed by atoms with Gasteiger partial charge in [-0.05, 0) is 18.1 Å². The minimum Gasteiger partial charge on any atom is -0.497 e. The zero-order valence-corrected chi connectivity index (χ0v) is 13.0. The highest BCUT2D eigenvalue weighted by molar-refractivity contribution is 6.33. The highest BCUT2D eigenvalue weighted by Crippen LogP contribution is 2.26. The molecule has 0 saturated carbocycles. The van der Waals surface area contributed by atoms with E-state index in [2.05, 4.69) is 5.32 Å². The quantitative estimate of drug-likeness (QED) is 0.846. The van der Waals surface area contributed by atoms with E-state index in [9.17, 15) is 9.59 Å². The molecule has 1 aromatic rings. The Hall–Kier alpha value is -1.95. The molecule has 0 fully saturated rings. The summed E-state index contributed by atoms with van der Waals surface area (Å²) in [6, 6.07) is 4.33. The fraction of sp³-hybridized carbons (Fsp3) is 0.429. The van der Waals surface area contributed by atoms with Crippen molar-refractivity contribution in [2.24, 2.45) is 5.92 Å². The van der Waals surface area contributed by atoms with Crippen molar-refractivity contribution in [2.45, 2.75) is 13.8 Å². The second-order valence-electron chi connectivity index (χ2n) is 4.94. The number of amides is 2. The number of hydrogen-bond acceptors (Lipinski definition) is 3. The average Bonchev–Trinajstić information content (AvgIpc) is 2.39. The van der Waals surface area contributed by atoms with Gasteiger partial charge in [-0.25, -0.2) is 4.79 Å². The van der Waals surface area contributed by atoms with E-state index in [0.717, 1.165) is 0 Å². The fourth-order valence-corrected chi connectivity index (χ4v) is 1.91. The van der Waals surface area contributed by atoms with E-state index >= 15 is 0 Å². The van der Waals surface area contributed by atoms with Crippen molar-refractivity contribution in [1.29, 1.82) is 0 Å². The van der Waals surface area contributed by atoms with Crippen LogP contribution in [0.4, 0.5) is 10.5 Å². The maximum absolute atomic E-state index is 12.2. The van der Waals surface area contributed by atoms with E-state index in [1.807, 2.05) is 13.8 Å². The van der Waals surface area contributed by atoms with Gasteiger partial charge in [-0.3, -0.25) is 4.79 Å². The highest BCUT2D eigenvalue weighted by atomic mass is 35.5. The van der Waals surface area contributed by atoms with E-state index < -0.39 is 12.0 Å². The first-order valence-corrected chi connectivity index (χ1v) is 6.82. The Bertz CT molecular complexity index is 520. The zero-order valence-electron chi connectivity index (χ0n) is 12.2. The number of rotatable bonds is 6. The lowest BCUT2D eigenvalue weighted by Gasteiger charge is -2.23. The maximum Gasteiger partial charge on any atom is 0.323 e. The van der Waals surface area contributed by atoms with Gasteiger partial charge < -0.3 is 20.1 Å². The number of urea groups is 1. The lowest BCUT2D eigenvalue weighted by molar-refractivity contribution is -0.137. The van der Waals surface area contributed by atoms with Crippen molar-refractivity contribution in [2.75, 3.05) is 25.5 Å². The number of anilines is 1. The largest absolute Gasteiger partial charge is 0.497 e. The minimum absolute atomic E-state index is 0.149. The molecule has 0 saturated heterocycles. The zero-order chi connectivity index (χ0) is 16.0. The molecule has 0 heterocycles. The lowest BCUT2D eigenvalue weighted by atomic mass is 10.2. The number of aliphatic carboxylic acids is 1. The number of carbonyl (C=O) groups is 2. The van der Waals surface area contributed by atoms with Crippen LogP contribution in [0.25, 0.3) is 0 Å². The number of carboxylic acids is 1. The lowest BCUT2D eigenvalue weighted by Crippen LogP contribution is -2.41. The number of carbonyl (C=O) groups excluding carboxylic acids is 1. The normalized spacial score (nSPS) is 10.3. The van der Waals surface area contributed by atoms with Gasteiger partial charge in [-0.1, -0.05) is 25.4 Å². The second-order valence-corrected chi connectivity index (χ2v) is 5.35. The number of carboxylic acid groups (broad SMARTS) is 1. The molecule has 2 amide bonds. The van der Waals surface area contributed by atoms with E-state index in [4.69, 9.17) is 21.4 Å². The monoisotopic (exact) mass is 314 g/mol. The Morgan fingerprint density at radius 2 is 2.10 bits per heavy atom. The van der Waals surface area contributed by atoms with Crippen LogP contribution in [-0.2, 0) is 4.79 Å². The third-order valence-corrected chi connectivity index (χ3v) is 2.94. The summed E-state index contributed by atoms with van der Waals surface area (Å²) in [6.07, 6.45) is 0. The van der Waals surface area contributed by atoms with Crippen molar-refractivity contribution in [3.05, 3.63) is 23.2 Å². The minimum atomic E-state index is -1.07. The third-order valence-electron chi connectivity index (χ3n) is 2.61. The predicted octanol–water partition coefficient (Wildman–Crippen LogP) is 2.92. The Morgan fingerprint density at radius 3 is 2.62 bits per heavy atom. The number of halogens is 1. The Morgan fingerprint density at radius 1 is 1.43 bits per heavy atom. The van der Waals surface area contributed by atoms with E-state index in [0.29, 0.717) is 23.0 Å². The van der Waals surface area contributed by atoms with Crippen molar-refractivity contribution >= 4 is 29.3 Å². The van der Waals surface area contributed by atoms with Crippen LogP contribution < -0.4 is 10.1 Å². The van der Waals surface area contributed by atoms with Crippen LogP contribution in [0.3, 0.4) is 0 Å². The molecule has 0 bridgehead atoms. The molecular formula is C14H19ClN2O4. The summed E-state index contributed by atoms with van der Waals surface area (Å²) < 4.78 is 5.06. The average molecular weight is 315 g/mol. The smallest absolute Gasteiger partial charge is 0.323 e. The molecule has 0 aliphatic carbocycles. The number of methoxy groups -OCH3 is 1. The fourth-order valence-electron chi connectivity index (χ4n) is 1.74. The van der Waals surface area contributed by atoms with Crippen LogP contribution in [0.5, 0.6) is 5.75 Å². The van der Waals surface area contributed by atoms with E-state index in [-0.39, 0.29) is 12.5 Å². The molecule has 0 aromatic heterocycles. The first-order chi connectivity index (χ1) is 9.83. The van der Waals surface area contributed by atoms with Crippen molar-refractivity contribution in [3.8, 4) is 5.75 Å². The molecule has 1 rings (SSSR count). The summed E-state index contributed by atoms with van der Waals surface area (Å²) >= 11 is 6.01. The van der Waals surface area contributed by atoms with Gasteiger partial charge in [-0.2, -0.15) is 0 Å². The summed E-state index contributed by atoms with van der Waals surface area (Å²) in [6.45, 7) is 3.77. The molecular weight excluding hydrogens is 296 g/mol. The molecule has 0 spiro atoms. The molecule has 0 aliphatic heterocycles. The van der Waals surface area contributed by atoms with Gasteiger partial charge in [0.1, 0.15) is 12.3 Å². The van der Waals surface area contributed by atoms with Crippen LogP contribution in [0.1, 0.15) is 13.8 Å². The van der Waals surface area contributed by atoms with E-state index in [1.165, 1.54) is 12.0 Å². The number of benzene rings is 1. The highest BCUT2D eigenvalue weighted by Gasteiger charge is 2.19. The summed E-state index contributed by atoms with van der Waals surface area (Å²) in [4.78, 5) is 24.3. The van der Waals surface area contributed by atoms with Gasteiger partial charge in [0, 0.05) is 12.6 Å². The molecule has 7 heteroatoms. The molecule has 0 unspecified atom stereocenters. The number of nitrogens with one attached hydrogen (secondary N) is 1. The van der Waals surface area contributed by atoms with Crippen LogP contribution in [-0.4, -0.2) is 42.2 Å². The third kappa shape index (κ3) is 5.51. The van der Waals surface area contributed by atoms with Crippen molar-refractivity contribution < 1.29 is 19.4 Å². The summed E-state index contributed by atoms with van der Waals surface area (Å²) in [7, 11) is 1.50. The van der Waals surface area contributed by atoms with Gasteiger partial charge in [-0.15, -0.1) is 0 Å². The molecule has 0 radical (unpaired) electrons. The number of hydrogen-bond donors (Lipinski definition) is 2. The first kappa shape index (κ1) is 17.1. The Kier molecular flexibility index (Phi) is 6.30. The summed E-state index contributed by atoms with van der Waals surface area (Å²) in [5.74, 6) is -0.373. The Balaban J connectivity index is 2.87. The summed E-state index contributed by atoms with van der Waals surface area (Å²) in [5, 5.41) is 11.8. The standard InChI is InChI=1S/C14H19ClN2O4/c1-9(2)7-17(8-13(18)19)14(20)16-12-6-10(21-3)4-5-11(12)15/h4-6,9H,7-8H2,1-3H3,(H,16,20)(H,18,19). The second kappa shape index (κ2) is 7.73. The first-order valence-electron chi connectivity index (χ1n) is 6.44. The molecule has 0 atom stereocenters. The number of nitrogens with zero attached hydrogens (tertiary/aromatic N) is 1. The van der Waals surface area contributed by atoms with Crippen molar-refractivity contribution in [3.63, 3.8) is 0 Å². The molecule has 21 heavy (non-hydrogen) atoms. The topological polar surface area (TPSA) is 78.9 Å². The SMILES string of the molecule is COc1ccc(Cl)c(NC(=O)N(CC(=O)O)CC(C)C)c1. The van der Waals surface area contributed by atoms with Crippen LogP contribution in [0, 0.1) is 5.92 Å². The van der Waals surface area contributed by atoms with Gasteiger partial charge in [0.15, 0.2) is 0 Å². The maximum atomic E-state index is 12.2. The van der Waals surface area contributed by atoms with Crippen LogP contribution >= 0.6 is 11.6 Å². The van der Waals surface area contributed by atoms with Gasteiger partial charge in [0.05, 0.1) is 17.8 Å². The molecule has 6 nitrogen and oxygen atoms in total. The van der Waals surface area contributed by atoms with Crippen LogP contribution in [0.15, 0.2) is 18.2 Å². The van der Waals surface area contributed by atoms with Crippen LogP contribution in [0.2, 0.25) is 5.02 Å². The van der Waals surface area contributed by atoms with Crippen molar-refractivity contribution in [1.82, 2.24) is 4.90 Å². The van der Waals surface area contributed by atoms with Gasteiger partial charge in [0.25, 0.3) is 0 Å². The predicted molar refractivity (Wildman–Crippen MR) is 81.1 cm³/mol.